The van der Waals surface area contributed by atoms with Crippen molar-refractivity contribution >= 4 is 56.5 Å². The number of aryl methyl sites for hydroxylation is 2. The maximum atomic E-state index is 14.2. The molecule has 6 nitrogen and oxygen atoms in total. The van der Waals surface area contributed by atoms with Gasteiger partial charge in [0.05, 0.1) is 5.69 Å². The predicted molar refractivity (Wildman–Crippen MR) is 293 cm³/mol. The van der Waals surface area contributed by atoms with E-state index in [2.05, 4.69) is 180 Å². The van der Waals surface area contributed by atoms with Crippen molar-refractivity contribution in [1.82, 2.24) is 0 Å². The van der Waals surface area contributed by atoms with Crippen LogP contribution in [-0.2, 0) is 0 Å². The molecular weight excluding hydrogens is 869 g/mol. The molecule has 0 N–H and O–H groups in total. The van der Waals surface area contributed by atoms with Gasteiger partial charge in [-0.05, 0) is 140 Å². The fraction of sp³-hybridized carbons (Fsp3) is 0.138. The van der Waals surface area contributed by atoms with E-state index < -0.39 is 0 Å². The van der Waals surface area contributed by atoms with Crippen LogP contribution in [0.1, 0.15) is 65.6 Å². The van der Waals surface area contributed by atoms with Gasteiger partial charge in [0.2, 0.25) is 0 Å². The van der Waals surface area contributed by atoms with Crippen LogP contribution >= 0.6 is 0 Å². The lowest BCUT2D eigenvalue weighted by Gasteiger charge is -2.39. The van der Waals surface area contributed by atoms with E-state index in [1.807, 2.05) is 50.2 Å². The molecule has 9 aromatic carbocycles. The minimum absolute atomic E-state index is 0.0586. The Morgan fingerprint density at radius 2 is 1.04 bits per heavy atom. The summed E-state index contributed by atoms with van der Waals surface area (Å²) in [4.78, 5) is 36.8. The van der Waals surface area contributed by atoms with E-state index in [0.717, 1.165) is 59.5 Å². The molecule has 1 saturated heterocycles. The molecule has 6 heteroatoms. The van der Waals surface area contributed by atoms with Crippen molar-refractivity contribution in [1.29, 1.82) is 0 Å². The van der Waals surface area contributed by atoms with Gasteiger partial charge in [-0.25, -0.2) is 4.90 Å². The normalized spacial score (nSPS) is 14.7. The van der Waals surface area contributed by atoms with Gasteiger partial charge in [0.1, 0.15) is 0 Å². The Kier molecular flexibility index (Phi) is 9.96. The summed E-state index contributed by atoms with van der Waals surface area (Å²) in [6.07, 6.45) is 0. The van der Waals surface area contributed by atoms with Crippen LogP contribution in [-0.4, -0.2) is 52.1 Å². The zero-order valence-corrected chi connectivity index (χ0v) is 40.4. The van der Waals surface area contributed by atoms with E-state index in [4.69, 9.17) is 0 Å². The Hall–Kier alpha value is -8.48. The minimum Gasteiger partial charge on any atom is -0.378 e. The van der Waals surface area contributed by atoms with Crippen LogP contribution in [0.2, 0.25) is 0 Å². The van der Waals surface area contributed by atoms with Crippen molar-refractivity contribution in [3.05, 3.63) is 238 Å². The maximum absolute atomic E-state index is 14.2. The largest absolute Gasteiger partial charge is 0.378 e. The molecule has 0 spiro atoms. The maximum Gasteiger partial charge on any atom is 0.265 e. The summed E-state index contributed by atoms with van der Waals surface area (Å²) in [7, 11) is 4.23. The van der Waals surface area contributed by atoms with Gasteiger partial charge in [-0.1, -0.05) is 146 Å². The van der Waals surface area contributed by atoms with Crippen LogP contribution in [0.25, 0.3) is 55.3 Å². The van der Waals surface area contributed by atoms with Gasteiger partial charge in [-0.15, -0.1) is 0 Å². The van der Waals surface area contributed by atoms with Crippen LogP contribution < -0.4 is 19.6 Å². The predicted octanol–water partition coefficient (Wildman–Crippen LogP) is 14.1. The van der Waals surface area contributed by atoms with Crippen molar-refractivity contribution < 1.29 is 9.59 Å². The van der Waals surface area contributed by atoms with Gasteiger partial charge < -0.3 is 14.7 Å². The van der Waals surface area contributed by atoms with Gasteiger partial charge >= 0.3 is 0 Å². The average Bonchev–Trinajstić information content (AvgIpc) is 3.92. The van der Waals surface area contributed by atoms with Crippen LogP contribution in [0.15, 0.2) is 188 Å². The van der Waals surface area contributed by atoms with Crippen LogP contribution in [0.4, 0.5) is 22.7 Å². The van der Waals surface area contributed by atoms with E-state index in [-0.39, 0.29) is 17.7 Å². The van der Waals surface area contributed by atoms with Crippen molar-refractivity contribution in [2.24, 2.45) is 0 Å². The highest BCUT2D eigenvalue weighted by molar-refractivity contribution is 6.36. The second-order valence-corrected chi connectivity index (χ2v) is 19.8. The Labute approximate surface area is 415 Å². The smallest absolute Gasteiger partial charge is 0.265 e. The number of benzene rings is 9. The molecule has 13 rings (SSSR count). The molecule has 2 heterocycles. The minimum atomic E-state index is -0.275. The lowest BCUT2D eigenvalue weighted by Crippen LogP contribution is -2.47. The van der Waals surface area contributed by atoms with Crippen LogP contribution in [0.5, 0.6) is 0 Å². The van der Waals surface area contributed by atoms with Crippen molar-refractivity contribution in [2.45, 2.75) is 19.8 Å². The van der Waals surface area contributed by atoms with E-state index in [9.17, 15) is 9.59 Å². The molecule has 344 valence electrons. The van der Waals surface area contributed by atoms with Crippen molar-refractivity contribution in [3.8, 4) is 33.4 Å². The molecule has 1 fully saturated rings. The number of carbonyl (C=O) groups is 2. The van der Waals surface area contributed by atoms with Crippen molar-refractivity contribution in [3.63, 3.8) is 0 Å². The number of imide groups is 1. The quantitative estimate of drug-likeness (QED) is 0.149. The molecule has 0 bridgehead atoms. The zero-order valence-electron chi connectivity index (χ0n) is 40.4. The Bertz CT molecular complexity index is 3610. The van der Waals surface area contributed by atoms with Crippen molar-refractivity contribution in [2.75, 3.05) is 59.9 Å². The Morgan fingerprint density at radius 3 is 1.68 bits per heavy atom. The number of rotatable bonds is 7. The molecule has 2 aliphatic heterocycles. The van der Waals surface area contributed by atoms with Crippen LogP contribution in [0.3, 0.4) is 0 Å². The third-order valence-corrected chi connectivity index (χ3v) is 15.5. The first-order valence-electron chi connectivity index (χ1n) is 24.8. The third kappa shape index (κ3) is 6.76. The number of anilines is 4. The monoisotopic (exact) mass is 920 g/mol. The summed E-state index contributed by atoms with van der Waals surface area (Å²) >= 11 is 0. The highest BCUT2D eigenvalue weighted by Crippen LogP contribution is 2.57. The molecule has 71 heavy (non-hydrogen) atoms. The Balaban J connectivity index is 0.833. The summed E-state index contributed by atoms with van der Waals surface area (Å²) in [5.41, 5.74) is 23.7. The molecule has 2 amide bonds. The number of allylic oxidation sites excluding steroid dienone is 1. The second-order valence-electron chi connectivity index (χ2n) is 19.8. The van der Waals surface area contributed by atoms with Gasteiger partial charge in [0, 0.05) is 85.2 Å². The number of amides is 2. The number of fused-ring (bicyclic) bond motifs is 6. The Morgan fingerprint density at radius 1 is 0.479 bits per heavy atom. The molecular formula is C65H52N4O2. The average molecular weight is 921 g/mol. The van der Waals surface area contributed by atoms with E-state index in [0.29, 0.717) is 16.8 Å². The fourth-order valence-electron chi connectivity index (χ4n) is 12.0. The second kappa shape index (κ2) is 16.6. The number of hydrogen-bond donors (Lipinski definition) is 0. The van der Waals surface area contributed by atoms with Gasteiger partial charge in [-0.3, -0.25) is 9.59 Å². The zero-order chi connectivity index (χ0) is 48.1. The fourth-order valence-corrected chi connectivity index (χ4v) is 12.0. The highest BCUT2D eigenvalue weighted by atomic mass is 16.2. The summed E-state index contributed by atoms with van der Waals surface area (Å²) in [6.45, 7) is 7.16. The molecule has 0 atom stereocenters. The summed E-state index contributed by atoms with van der Waals surface area (Å²) < 4.78 is 0. The van der Waals surface area contributed by atoms with E-state index >= 15 is 0 Å². The number of piperazine rings is 1. The molecule has 0 unspecified atom stereocenters. The highest BCUT2D eigenvalue weighted by Gasteiger charge is 2.38. The molecule has 9 aromatic rings. The topological polar surface area (TPSA) is 47.1 Å². The van der Waals surface area contributed by atoms with Gasteiger partial charge in [-0.2, -0.15) is 0 Å². The molecule has 2 aliphatic carbocycles. The number of nitrogens with zero attached hydrogens (tertiary/aromatic N) is 4. The van der Waals surface area contributed by atoms with Gasteiger partial charge in [0.15, 0.2) is 0 Å². The SMILES string of the molecule is Cc1ccc(C)c(N2C(=O)c3cccc4c(N5CCN(c6cc(-c7ccc(C(=C8c9ccccc9-c9ccccc98)C8c9ccccc9-c9ccccc98)cc7)cc(N(C)C)c6)CC5)ccc(c34)C2=O)c1. The lowest BCUT2D eigenvalue weighted by atomic mass is 9.79. The summed E-state index contributed by atoms with van der Waals surface area (Å²) in [6, 6.07) is 67.9. The summed E-state index contributed by atoms with van der Waals surface area (Å²) in [5, 5.41) is 1.69. The first-order chi connectivity index (χ1) is 34.7. The number of carbonyl (C=O) groups excluding carboxylic acids is 2. The summed E-state index contributed by atoms with van der Waals surface area (Å²) in [5.74, 6) is -0.491. The van der Waals surface area contributed by atoms with Crippen LogP contribution in [0, 0.1) is 13.8 Å². The van der Waals surface area contributed by atoms with E-state index in [1.54, 1.807) is 0 Å². The molecule has 0 saturated carbocycles. The molecule has 4 aliphatic rings. The standard InChI is InChI=1S/C65H52N4O2/c1-40-24-25-41(2)59(36-40)69-64(70)56-23-13-22-55-58(31-30-57(61(55)56)65(69)71)68-34-32-67(33-35-68)46-38-44(37-45(39-46)66(3)4)42-26-28-43(29-27-42)60(62-51-18-9-5-14-47(51)48-15-6-10-19-52(48)62)63-53-20-11-7-16-49(53)50-17-8-12-21-54(50)63/h5-31,36-39,62H,32-35H2,1-4H3. The molecule has 0 aromatic heterocycles. The third-order valence-electron chi connectivity index (χ3n) is 15.5. The van der Waals surface area contributed by atoms with E-state index in [1.165, 1.54) is 82.9 Å². The first kappa shape index (κ1) is 42.6. The van der Waals surface area contributed by atoms with Gasteiger partial charge in [0.25, 0.3) is 11.8 Å². The molecule has 0 radical (unpaired) electrons. The lowest BCUT2D eigenvalue weighted by molar-refractivity contribution is 0.0893. The number of hydrogen-bond acceptors (Lipinski definition) is 5. The first-order valence-corrected chi connectivity index (χ1v) is 24.8.